The van der Waals surface area contributed by atoms with Crippen LogP contribution in [-0.2, 0) is 4.79 Å². The average Bonchev–Trinajstić information content (AvgIpc) is 2.13. The van der Waals surface area contributed by atoms with Crippen molar-refractivity contribution < 1.29 is 19.4 Å². The number of hydrogen-bond acceptors (Lipinski definition) is 2. The molecule has 82 valence electrons. The SMILES string of the molecule is CC(CC(=O)O)c1ccc(O)c(Br)c1F. The van der Waals surface area contributed by atoms with Crippen LogP contribution in [0.3, 0.4) is 0 Å². The van der Waals surface area contributed by atoms with Gasteiger partial charge in [0.25, 0.3) is 0 Å². The fourth-order valence-electron chi connectivity index (χ4n) is 1.31. The molecule has 15 heavy (non-hydrogen) atoms. The monoisotopic (exact) mass is 276 g/mol. The van der Waals surface area contributed by atoms with Gasteiger partial charge < -0.3 is 10.2 Å². The van der Waals surface area contributed by atoms with Gasteiger partial charge in [-0.3, -0.25) is 4.79 Å². The van der Waals surface area contributed by atoms with Crippen LogP contribution in [0.1, 0.15) is 24.8 Å². The molecule has 0 aliphatic carbocycles. The Morgan fingerprint density at radius 3 is 2.73 bits per heavy atom. The van der Waals surface area contributed by atoms with E-state index in [0.29, 0.717) is 0 Å². The highest BCUT2D eigenvalue weighted by Crippen LogP contribution is 2.33. The molecule has 0 aliphatic rings. The van der Waals surface area contributed by atoms with Gasteiger partial charge in [-0.2, -0.15) is 0 Å². The second-order valence-electron chi connectivity index (χ2n) is 3.30. The van der Waals surface area contributed by atoms with Crippen LogP contribution in [0.15, 0.2) is 16.6 Å². The van der Waals surface area contributed by atoms with E-state index < -0.39 is 17.7 Å². The van der Waals surface area contributed by atoms with Crippen molar-refractivity contribution >= 4 is 21.9 Å². The van der Waals surface area contributed by atoms with Gasteiger partial charge in [-0.15, -0.1) is 0 Å². The predicted molar refractivity (Wildman–Crippen MR) is 56.4 cm³/mol. The maximum absolute atomic E-state index is 13.6. The number of aliphatic carboxylic acids is 1. The molecule has 0 amide bonds. The summed E-state index contributed by atoms with van der Waals surface area (Å²) in [6.45, 7) is 1.62. The number of phenolic OH excluding ortho intramolecular Hbond substituents is 1. The van der Waals surface area contributed by atoms with Crippen LogP contribution in [-0.4, -0.2) is 16.2 Å². The van der Waals surface area contributed by atoms with Crippen LogP contribution in [0.5, 0.6) is 5.75 Å². The van der Waals surface area contributed by atoms with Crippen molar-refractivity contribution in [2.24, 2.45) is 0 Å². The summed E-state index contributed by atoms with van der Waals surface area (Å²) in [5, 5.41) is 17.8. The summed E-state index contributed by atoms with van der Waals surface area (Å²) in [5.41, 5.74) is 0.280. The lowest BCUT2D eigenvalue weighted by Crippen LogP contribution is -2.05. The molecular formula is C10H10BrFO3. The number of carbonyl (C=O) groups is 1. The minimum Gasteiger partial charge on any atom is -0.507 e. The topological polar surface area (TPSA) is 57.5 Å². The summed E-state index contributed by atoms with van der Waals surface area (Å²) < 4.78 is 13.5. The third kappa shape index (κ3) is 2.68. The van der Waals surface area contributed by atoms with Crippen molar-refractivity contribution in [2.45, 2.75) is 19.3 Å². The molecule has 1 aromatic rings. The van der Waals surface area contributed by atoms with Crippen molar-refractivity contribution in [2.75, 3.05) is 0 Å². The Morgan fingerprint density at radius 1 is 1.60 bits per heavy atom. The number of benzene rings is 1. The molecule has 0 heterocycles. The largest absolute Gasteiger partial charge is 0.507 e. The molecule has 3 nitrogen and oxygen atoms in total. The van der Waals surface area contributed by atoms with Crippen LogP contribution in [0.4, 0.5) is 4.39 Å². The van der Waals surface area contributed by atoms with E-state index in [2.05, 4.69) is 15.9 Å². The second-order valence-corrected chi connectivity index (χ2v) is 4.09. The van der Waals surface area contributed by atoms with Crippen LogP contribution < -0.4 is 0 Å². The lowest BCUT2D eigenvalue weighted by atomic mass is 9.97. The molecule has 1 unspecified atom stereocenters. The van der Waals surface area contributed by atoms with Crippen molar-refractivity contribution in [3.63, 3.8) is 0 Å². The molecule has 1 atom stereocenters. The number of hydrogen-bond donors (Lipinski definition) is 2. The number of phenols is 1. The lowest BCUT2D eigenvalue weighted by Gasteiger charge is -2.11. The number of rotatable bonds is 3. The first-order valence-electron chi connectivity index (χ1n) is 4.32. The Bertz CT molecular complexity index is 392. The lowest BCUT2D eigenvalue weighted by molar-refractivity contribution is -0.137. The zero-order valence-electron chi connectivity index (χ0n) is 8.00. The summed E-state index contributed by atoms with van der Waals surface area (Å²) in [6, 6.07) is 2.73. The predicted octanol–water partition coefficient (Wildman–Crippen LogP) is 2.87. The molecular weight excluding hydrogens is 267 g/mol. The number of halogens is 2. The molecule has 0 aromatic heterocycles. The van der Waals surface area contributed by atoms with Crippen LogP contribution in [0.2, 0.25) is 0 Å². The van der Waals surface area contributed by atoms with Crippen molar-refractivity contribution in [3.05, 3.63) is 28.0 Å². The number of carboxylic acids is 1. The van der Waals surface area contributed by atoms with E-state index in [0.717, 1.165) is 0 Å². The van der Waals surface area contributed by atoms with E-state index in [1.807, 2.05) is 0 Å². The zero-order valence-corrected chi connectivity index (χ0v) is 9.58. The summed E-state index contributed by atoms with van der Waals surface area (Å²) in [4.78, 5) is 10.5. The van der Waals surface area contributed by atoms with E-state index in [1.165, 1.54) is 12.1 Å². The quantitative estimate of drug-likeness (QED) is 0.893. The Labute approximate surface area is 94.7 Å². The molecule has 0 saturated carbocycles. The number of aromatic hydroxyl groups is 1. The fraction of sp³-hybridized carbons (Fsp3) is 0.300. The third-order valence-corrected chi connectivity index (χ3v) is 2.86. The zero-order chi connectivity index (χ0) is 11.6. The first-order valence-corrected chi connectivity index (χ1v) is 5.11. The molecule has 0 radical (unpaired) electrons. The van der Waals surface area contributed by atoms with E-state index in [-0.39, 0.29) is 22.2 Å². The fourth-order valence-corrected chi connectivity index (χ4v) is 1.67. The van der Waals surface area contributed by atoms with Gasteiger partial charge in [-0.25, -0.2) is 4.39 Å². The van der Waals surface area contributed by atoms with E-state index in [9.17, 15) is 14.3 Å². The second kappa shape index (κ2) is 4.61. The molecule has 1 rings (SSSR count). The highest BCUT2D eigenvalue weighted by Gasteiger charge is 2.17. The standard InChI is InChI=1S/C10H10BrFO3/c1-5(4-8(14)15)6-2-3-7(13)9(11)10(6)12/h2-3,5,13H,4H2,1H3,(H,14,15). The van der Waals surface area contributed by atoms with Gasteiger partial charge in [-0.05, 0) is 33.5 Å². The molecule has 0 aliphatic heterocycles. The van der Waals surface area contributed by atoms with Crippen LogP contribution in [0.25, 0.3) is 0 Å². The summed E-state index contributed by atoms with van der Waals surface area (Å²) >= 11 is 2.89. The Morgan fingerprint density at radius 2 is 2.20 bits per heavy atom. The Hall–Kier alpha value is -1.10. The Balaban J connectivity index is 3.05. The van der Waals surface area contributed by atoms with Crippen LogP contribution in [0, 0.1) is 5.82 Å². The van der Waals surface area contributed by atoms with Gasteiger partial charge >= 0.3 is 5.97 Å². The highest BCUT2D eigenvalue weighted by atomic mass is 79.9. The Kier molecular flexibility index (Phi) is 3.68. The van der Waals surface area contributed by atoms with Gasteiger partial charge in [0, 0.05) is 0 Å². The summed E-state index contributed by atoms with van der Waals surface area (Å²) in [7, 11) is 0. The summed E-state index contributed by atoms with van der Waals surface area (Å²) in [5.74, 6) is -2.21. The van der Waals surface area contributed by atoms with Gasteiger partial charge in [0.2, 0.25) is 0 Å². The van der Waals surface area contributed by atoms with Gasteiger partial charge in [0.05, 0.1) is 10.9 Å². The van der Waals surface area contributed by atoms with E-state index in [4.69, 9.17) is 5.11 Å². The molecule has 0 fully saturated rings. The van der Waals surface area contributed by atoms with Crippen molar-refractivity contribution in [3.8, 4) is 5.75 Å². The van der Waals surface area contributed by atoms with Gasteiger partial charge in [0.15, 0.2) is 0 Å². The third-order valence-electron chi connectivity index (χ3n) is 2.10. The maximum Gasteiger partial charge on any atom is 0.303 e. The highest BCUT2D eigenvalue weighted by molar-refractivity contribution is 9.10. The van der Waals surface area contributed by atoms with Gasteiger partial charge in [0.1, 0.15) is 11.6 Å². The van der Waals surface area contributed by atoms with Crippen LogP contribution >= 0.6 is 15.9 Å². The molecule has 0 bridgehead atoms. The average molecular weight is 277 g/mol. The minimum atomic E-state index is -0.980. The molecule has 5 heteroatoms. The van der Waals surface area contributed by atoms with Gasteiger partial charge in [-0.1, -0.05) is 13.0 Å². The van der Waals surface area contributed by atoms with Crippen molar-refractivity contribution in [1.82, 2.24) is 0 Å². The summed E-state index contributed by atoms with van der Waals surface area (Å²) in [6.07, 6.45) is -0.145. The molecule has 0 spiro atoms. The minimum absolute atomic E-state index is 0.0303. The molecule has 0 saturated heterocycles. The number of carboxylic acid groups (broad SMARTS) is 1. The first kappa shape index (κ1) is 12.0. The smallest absolute Gasteiger partial charge is 0.303 e. The molecule has 1 aromatic carbocycles. The van der Waals surface area contributed by atoms with Crippen molar-refractivity contribution in [1.29, 1.82) is 0 Å². The molecule has 2 N–H and O–H groups in total. The first-order chi connectivity index (χ1) is 6.93. The maximum atomic E-state index is 13.6. The van der Waals surface area contributed by atoms with E-state index >= 15 is 0 Å². The normalized spacial score (nSPS) is 12.5. The van der Waals surface area contributed by atoms with E-state index in [1.54, 1.807) is 6.92 Å².